The Morgan fingerprint density at radius 2 is 2.00 bits per heavy atom. The monoisotopic (exact) mass is 461 g/mol. The van der Waals surface area contributed by atoms with E-state index < -0.39 is 11.7 Å². The lowest BCUT2D eigenvalue weighted by Gasteiger charge is -2.21. The van der Waals surface area contributed by atoms with Crippen LogP contribution in [0.4, 0.5) is 13.2 Å². The average molecular weight is 461 g/mol. The quantitative estimate of drug-likeness (QED) is 0.643. The normalized spacial score (nSPS) is 22.9. The molecule has 0 amide bonds. The van der Waals surface area contributed by atoms with E-state index in [1.165, 1.54) is 12.1 Å². The molecule has 0 saturated carbocycles. The first kappa shape index (κ1) is 22.1. The molecule has 0 spiro atoms. The van der Waals surface area contributed by atoms with Crippen LogP contribution in [0.25, 0.3) is 5.52 Å². The summed E-state index contributed by atoms with van der Waals surface area (Å²) in [4.78, 5) is 22.3. The standard InChI is InChI=1S/C23H26F3N5O2/c1-14-11-30(12-15-3-2-4-17(9-15)23(24,25)26)13-18(14)20-28-22(32)19-10-27-21(31(19)29-20)16-5-7-33-8-6-16/h2-4,9-10,14,16,18H,5-8,11-13H2,1H3,(H,28,29,32). The van der Waals surface area contributed by atoms with Crippen LogP contribution in [0, 0.1) is 5.92 Å². The summed E-state index contributed by atoms with van der Waals surface area (Å²) in [6.45, 7) is 5.13. The first-order valence-corrected chi connectivity index (χ1v) is 11.2. The number of nitrogens with zero attached hydrogens (tertiary/aromatic N) is 4. The second kappa shape index (κ2) is 8.57. The molecule has 2 aromatic heterocycles. The Labute approximate surface area is 188 Å². The van der Waals surface area contributed by atoms with Gasteiger partial charge in [-0.15, -0.1) is 0 Å². The molecule has 4 heterocycles. The highest BCUT2D eigenvalue weighted by Gasteiger charge is 2.34. The van der Waals surface area contributed by atoms with Gasteiger partial charge in [0.2, 0.25) is 0 Å². The van der Waals surface area contributed by atoms with E-state index in [2.05, 4.69) is 21.8 Å². The van der Waals surface area contributed by atoms with Gasteiger partial charge in [-0.1, -0.05) is 25.1 Å². The highest BCUT2D eigenvalue weighted by Crippen LogP contribution is 2.33. The van der Waals surface area contributed by atoms with Crippen molar-refractivity contribution in [1.82, 2.24) is 24.5 Å². The number of H-pyrrole nitrogens is 1. The van der Waals surface area contributed by atoms with Gasteiger partial charge in [-0.2, -0.15) is 18.3 Å². The van der Waals surface area contributed by atoms with Crippen LogP contribution in [0.3, 0.4) is 0 Å². The molecule has 2 aliphatic rings. The maximum Gasteiger partial charge on any atom is 0.416 e. The highest BCUT2D eigenvalue weighted by molar-refractivity contribution is 5.42. The molecule has 1 N–H and O–H groups in total. The SMILES string of the molecule is CC1CN(Cc2cccc(C(F)(F)F)c2)CC1c1nn2c(C3CCOCC3)ncc2c(=O)[nH]1. The van der Waals surface area contributed by atoms with Crippen molar-refractivity contribution in [2.75, 3.05) is 26.3 Å². The molecule has 2 atom stereocenters. The summed E-state index contributed by atoms with van der Waals surface area (Å²) in [6.07, 6.45) is -1.11. The number of hydrogen-bond donors (Lipinski definition) is 1. The van der Waals surface area contributed by atoms with Crippen molar-refractivity contribution < 1.29 is 17.9 Å². The molecule has 1 aromatic carbocycles. The third kappa shape index (κ3) is 4.41. The maximum atomic E-state index is 13.1. The molecule has 0 bridgehead atoms. The van der Waals surface area contributed by atoms with E-state index in [1.54, 1.807) is 16.8 Å². The number of hydrogen-bond acceptors (Lipinski definition) is 5. The molecule has 2 saturated heterocycles. The van der Waals surface area contributed by atoms with Gasteiger partial charge in [0.15, 0.2) is 5.52 Å². The van der Waals surface area contributed by atoms with Crippen molar-refractivity contribution in [2.45, 2.75) is 44.3 Å². The third-order valence-electron chi connectivity index (χ3n) is 6.73. The molecule has 0 aliphatic carbocycles. The van der Waals surface area contributed by atoms with E-state index >= 15 is 0 Å². The van der Waals surface area contributed by atoms with Gasteiger partial charge in [0, 0.05) is 44.7 Å². The number of halogens is 3. The van der Waals surface area contributed by atoms with E-state index in [1.807, 2.05) is 0 Å². The highest BCUT2D eigenvalue weighted by atomic mass is 19.4. The molecule has 0 radical (unpaired) electrons. The zero-order valence-electron chi connectivity index (χ0n) is 18.3. The number of rotatable bonds is 4. The van der Waals surface area contributed by atoms with Crippen molar-refractivity contribution in [2.24, 2.45) is 5.92 Å². The molecular weight excluding hydrogens is 435 g/mol. The summed E-state index contributed by atoms with van der Waals surface area (Å²) in [5.41, 5.74) is 0.174. The summed E-state index contributed by atoms with van der Waals surface area (Å²) in [6, 6.07) is 5.45. The van der Waals surface area contributed by atoms with Crippen LogP contribution in [0.1, 0.15) is 54.4 Å². The van der Waals surface area contributed by atoms with Crippen LogP contribution in [-0.2, 0) is 17.5 Å². The summed E-state index contributed by atoms with van der Waals surface area (Å²) in [7, 11) is 0. The predicted octanol–water partition coefficient (Wildman–Crippen LogP) is 3.57. The zero-order chi connectivity index (χ0) is 23.2. The van der Waals surface area contributed by atoms with E-state index in [4.69, 9.17) is 9.84 Å². The third-order valence-corrected chi connectivity index (χ3v) is 6.73. The number of ether oxygens (including phenoxy) is 1. The number of nitrogens with one attached hydrogen (secondary N) is 1. The van der Waals surface area contributed by atoms with E-state index in [0.717, 1.165) is 24.7 Å². The molecule has 7 nitrogen and oxygen atoms in total. The minimum absolute atomic E-state index is 0.0298. The molecule has 176 valence electrons. The fourth-order valence-corrected chi connectivity index (χ4v) is 4.99. The molecule has 2 unspecified atom stereocenters. The smallest absolute Gasteiger partial charge is 0.381 e. The second-order valence-electron chi connectivity index (χ2n) is 9.12. The van der Waals surface area contributed by atoms with Crippen molar-refractivity contribution in [3.8, 4) is 0 Å². The Balaban J connectivity index is 1.38. The van der Waals surface area contributed by atoms with Gasteiger partial charge in [0.05, 0.1) is 11.8 Å². The van der Waals surface area contributed by atoms with E-state index in [9.17, 15) is 18.0 Å². The first-order valence-electron chi connectivity index (χ1n) is 11.2. The Kier molecular flexibility index (Phi) is 5.74. The average Bonchev–Trinajstić information content (AvgIpc) is 3.37. The van der Waals surface area contributed by atoms with Crippen molar-refractivity contribution in [1.29, 1.82) is 0 Å². The number of benzene rings is 1. The van der Waals surface area contributed by atoms with Crippen LogP contribution in [-0.4, -0.2) is 50.8 Å². The lowest BCUT2D eigenvalue weighted by Crippen LogP contribution is -2.24. The molecular formula is C23H26F3N5O2. The number of alkyl halides is 3. The largest absolute Gasteiger partial charge is 0.416 e. The van der Waals surface area contributed by atoms with Gasteiger partial charge >= 0.3 is 6.18 Å². The van der Waals surface area contributed by atoms with Crippen molar-refractivity contribution in [3.63, 3.8) is 0 Å². The number of likely N-dealkylation sites (tertiary alicyclic amines) is 1. The fourth-order valence-electron chi connectivity index (χ4n) is 4.99. The van der Waals surface area contributed by atoms with Crippen LogP contribution >= 0.6 is 0 Å². The minimum Gasteiger partial charge on any atom is -0.381 e. The van der Waals surface area contributed by atoms with Crippen LogP contribution in [0.5, 0.6) is 0 Å². The molecule has 5 rings (SSSR count). The van der Waals surface area contributed by atoms with Gasteiger partial charge in [-0.05, 0) is 30.4 Å². The molecule has 3 aromatic rings. The molecule has 2 fully saturated rings. The predicted molar refractivity (Wildman–Crippen MR) is 115 cm³/mol. The second-order valence-corrected chi connectivity index (χ2v) is 9.12. The van der Waals surface area contributed by atoms with E-state index in [0.29, 0.717) is 49.8 Å². The number of fused-ring (bicyclic) bond motifs is 1. The number of aromatic amines is 1. The topological polar surface area (TPSA) is 75.5 Å². The van der Waals surface area contributed by atoms with Gasteiger partial charge in [0.25, 0.3) is 5.56 Å². The summed E-state index contributed by atoms with van der Waals surface area (Å²) < 4.78 is 46.3. The summed E-state index contributed by atoms with van der Waals surface area (Å²) >= 11 is 0. The van der Waals surface area contributed by atoms with Crippen molar-refractivity contribution >= 4 is 5.52 Å². The fraction of sp³-hybridized carbons (Fsp3) is 0.522. The van der Waals surface area contributed by atoms with Gasteiger partial charge in [-0.3, -0.25) is 9.69 Å². The van der Waals surface area contributed by atoms with Gasteiger partial charge in [0.1, 0.15) is 11.6 Å². The lowest BCUT2D eigenvalue weighted by atomic mass is 9.97. The van der Waals surface area contributed by atoms with Crippen LogP contribution in [0.2, 0.25) is 0 Å². The number of imidazole rings is 1. The minimum atomic E-state index is -4.36. The Morgan fingerprint density at radius 1 is 1.21 bits per heavy atom. The van der Waals surface area contributed by atoms with E-state index in [-0.39, 0.29) is 23.3 Å². The lowest BCUT2D eigenvalue weighted by molar-refractivity contribution is -0.137. The number of aromatic nitrogens is 4. The van der Waals surface area contributed by atoms with Gasteiger partial charge in [-0.25, -0.2) is 9.50 Å². The van der Waals surface area contributed by atoms with Gasteiger partial charge < -0.3 is 9.72 Å². The first-order chi connectivity index (χ1) is 15.8. The Bertz CT molecular complexity index is 1200. The van der Waals surface area contributed by atoms with Crippen molar-refractivity contribution in [3.05, 3.63) is 63.6 Å². The molecule has 33 heavy (non-hydrogen) atoms. The zero-order valence-corrected chi connectivity index (χ0v) is 18.3. The summed E-state index contributed by atoms with van der Waals surface area (Å²) in [5.74, 6) is 1.73. The Hall–Kier alpha value is -2.72. The maximum absolute atomic E-state index is 13.1. The van der Waals surface area contributed by atoms with Crippen LogP contribution < -0.4 is 5.56 Å². The molecule has 2 aliphatic heterocycles. The molecule has 10 heteroatoms. The van der Waals surface area contributed by atoms with Crippen LogP contribution in [0.15, 0.2) is 35.3 Å². The Morgan fingerprint density at radius 3 is 2.76 bits per heavy atom. The summed E-state index contributed by atoms with van der Waals surface area (Å²) in [5, 5.41) is 4.77.